The number of carbonyl (C=O) groups excluding carboxylic acids is 1. The maximum Gasteiger partial charge on any atom is 0.253 e. The third-order valence-corrected chi connectivity index (χ3v) is 4.73. The van der Waals surface area contributed by atoms with Gasteiger partial charge in [0.15, 0.2) is 0 Å². The summed E-state index contributed by atoms with van der Waals surface area (Å²) in [5.41, 5.74) is 10.4. The van der Waals surface area contributed by atoms with Gasteiger partial charge < -0.3 is 16.4 Å². The van der Waals surface area contributed by atoms with Crippen LogP contribution in [0.3, 0.4) is 0 Å². The number of nitrogen functional groups attached to an aromatic ring is 1. The van der Waals surface area contributed by atoms with Crippen molar-refractivity contribution in [1.29, 1.82) is 0 Å². The summed E-state index contributed by atoms with van der Waals surface area (Å²) < 4.78 is 14.3. The first-order valence-corrected chi connectivity index (χ1v) is 9.71. The Bertz CT molecular complexity index is 1160. The van der Waals surface area contributed by atoms with Gasteiger partial charge in [-0.1, -0.05) is 24.3 Å². The molecule has 0 aliphatic carbocycles. The van der Waals surface area contributed by atoms with Crippen molar-refractivity contribution in [1.82, 2.24) is 10.3 Å². The van der Waals surface area contributed by atoms with Gasteiger partial charge in [0, 0.05) is 24.7 Å². The minimum absolute atomic E-state index is 0.0190. The standard InChI is InChI=1S/C24H24FN5O/c1-4-5-16-12-15(6-10-21(16)27-2)14-29-23-20(26)9-11-22(30-23)17-7-8-18(19(25)13-17)24(31)28-3/h4-13H,2,14,26H2,1,3H3,(H,28,31)(H,29,30)/b5-4-. The van der Waals surface area contributed by atoms with Crippen LogP contribution in [0.15, 0.2) is 59.6 Å². The van der Waals surface area contributed by atoms with Crippen LogP contribution in [0.25, 0.3) is 17.3 Å². The molecule has 1 heterocycles. The van der Waals surface area contributed by atoms with Crippen molar-refractivity contribution in [2.75, 3.05) is 18.1 Å². The molecule has 2 aromatic carbocycles. The number of benzene rings is 2. The number of halogens is 1. The summed E-state index contributed by atoms with van der Waals surface area (Å²) in [5, 5.41) is 5.65. The van der Waals surface area contributed by atoms with Crippen LogP contribution in [0.4, 0.5) is 21.6 Å². The zero-order valence-electron chi connectivity index (χ0n) is 17.4. The molecule has 0 aliphatic heterocycles. The third kappa shape index (κ3) is 4.95. The number of allylic oxidation sites excluding steroid dienone is 1. The van der Waals surface area contributed by atoms with Gasteiger partial charge >= 0.3 is 0 Å². The molecule has 7 heteroatoms. The average Bonchev–Trinajstić information content (AvgIpc) is 2.78. The lowest BCUT2D eigenvalue weighted by molar-refractivity contribution is 0.0959. The number of aromatic nitrogens is 1. The van der Waals surface area contributed by atoms with Gasteiger partial charge in [-0.05, 0) is 55.6 Å². The Morgan fingerprint density at radius 3 is 2.71 bits per heavy atom. The molecule has 158 valence electrons. The lowest BCUT2D eigenvalue weighted by atomic mass is 10.1. The van der Waals surface area contributed by atoms with Crippen LogP contribution < -0.4 is 16.4 Å². The van der Waals surface area contributed by atoms with Gasteiger partial charge in [-0.25, -0.2) is 9.37 Å². The first-order chi connectivity index (χ1) is 15.0. The Hall–Kier alpha value is -4.00. The van der Waals surface area contributed by atoms with E-state index < -0.39 is 11.7 Å². The lowest BCUT2D eigenvalue weighted by Crippen LogP contribution is -2.19. The highest BCUT2D eigenvalue weighted by Gasteiger charge is 2.13. The molecule has 1 aromatic heterocycles. The fraction of sp³-hybridized carbons (Fsp3) is 0.125. The normalized spacial score (nSPS) is 10.8. The number of anilines is 2. The smallest absolute Gasteiger partial charge is 0.253 e. The number of carbonyl (C=O) groups is 1. The number of nitrogens with one attached hydrogen (secondary N) is 2. The second-order valence-electron chi connectivity index (χ2n) is 6.81. The molecule has 1 amide bonds. The fourth-order valence-electron chi connectivity index (χ4n) is 3.12. The zero-order valence-corrected chi connectivity index (χ0v) is 17.4. The average molecular weight is 417 g/mol. The van der Waals surface area contributed by atoms with Crippen molar-refractivity contribution in [3.05, 3.63) is 77.1 Å². The molecule has 6 nitrogen and oxygen atoms in total. The molecule has 0 saturated heterocycles. The van der Waals surface area contributed by atoms with E-state index in [9.17, 15) is 9.18 Å². The predicted molar refractivity (Wildman–Crippen MR) is 125 cm³/mol. The van der Waals surface area contributed by atoms with Crippen molar-refractivity contribution in [3.63, 3.8) is 0 Å². The largest absolute Gasteiger partial charge is 0.396 e. The molecule has 0 spiro atoms. The minimum Gasteiger partial charge on any atom is -0.396 e. The second kappa shape index (κ2) is 9.67. The van der Waals surface area contributed by atoms with E-state index in [1.54, 1.807) is 18.2 Å². The number of nitrogens with two attached hydrogens (primary N) is 1. The number of rotatable bonds is 7. The molecule has 3 rings (SSSR count). The van der Waals surface area contributed by atoms with Gasteiger partial charge in [0.2, 0.25) is 0 Å². The lowest BCUT2D eigenvalue weighted by Gasteiger charge is -2.12. The van der Waals surface area contributed by atoms with Crippen molar-refractivity contribution in [2.45, 2.75) is 13.5 Å². The highest BCUT2D eigenvalue weighted by Crippen LogP contribution is 2.26. The summed E-state index contributed by atoms with van der Waals surface area (Å²) >= 11 is 0. The van der Waals surface area contributed by atoms with Gasteiger partial charge in [0.1, 0.15) is 11.6 Å². The SMILES string of the molecule is C=Nc1ccc(CNc2nc(-c3ccc(C(=O)NC)c(F)c3)ccc2N)cc1/C=C\C. The molecule has 3 aromatic rings. The van der Waals surface area contributed by atoms with Crippen LogP contribution in [0, 0.1) is 5.82 Å². The molecule has 0 atom stereocenters. The van der Waals surface area contributed by atoms with Crippen molar-refractivity contribution in [2.24, 2.45) is 4.99 Å². The van der Waals surface area contributed by atoms with Crippen LogP contribution in [0.2, 0.25) is 0 Å². The Labute approximate surface area is 180 Å². The summed E-state index contributed by atoms with van der Waals surface area (Å²) in [6.45, 7) is 6.03. The number of hydrogen-bond acceptors (Lipinski definition) is 5. The van der Waals surface area contributed by atoms with Crippen LogP contribution in [-0.2, 0) is 6.54 Å². The van der Waals surface area contributed by atoms with E-state index in [-0.39, 0.29) is 5.56 Å². The zero-order chi connectivity index (χ0) is 22.4. The Balaban J connectivity index is 1.84. The van der Waals surface area contributed by atoms with Crippen molar-refractivity contribution >= 4 is 35.9 Å². The Kier molecular flexibility index (Phi) is 6.77. The van der Waals surface area contributed by atoms with Gasteiger partial charge in [-0.2, -0.15) is 0 Å². The van der Waals surface area contributed by atoms with Crippen LogP contribution >= 0.6 is 0 Å². The van der Waals surface area contributed by atoms with E-state index in [2.05, 4.69) is 27.3 Å². The number of nitrogens with zero attached hydrogens (tertiary/aromatic N) is 2. The molecular weight excluding hydrogens is 393 g/mol. The van der Waals surface area contributed by atoms with E-state index in [0.717, 1.165) is 16.8 Å². The van der Waals surface area contributed by atoms with E-state index in [1.165, 1.54) is 19.2 Å². The minimum atomic E-state index is -0.614. The molecule has 0 unspecified atom stereocenters. The number of hydrogen-bond donors (Lipinski definition) is 3. The van der Waals surface area contributed by atoms with Crippen molar-refractivity contribution < 1.29 is 9.18 Å². The van der Waals surface area contributed by atoms with Gasteiger partial charge in [-0.3, -0.25) is 9.79 Å². The van der Waals surface area contributed by atoms with Crippen LogP contribution in [0.1, 0.15) is 28.4 Å². The predicted octanol–water partition coefficient (Wildman–Crippen LogP) is 4.81. The first kappa shape index (κ1) is 21.7. The number of aliphatic imine (C=N–C) groups is 1. The molecule has 0 saturated carbocycles. The fourth-order valence-corrected chi connectivity index (χ4v) is 3.12. The highest BCUT2D eigenvalue weighted by atomic mass is 19.1. The monoisotopic (exact) mass is 417 g/mol. The van der Waals surface area contributed by atoms with Crippen LogP contribution in [-0.4, -0.2) is 24.7 Å². The maximum atomic E-state index is 14.3. The second-order valence-corrected chi connectivity index (χ2v) is 6.81. The van der Waals surface area contributed by atoms with E-state index >= 15 is 0 Å². The molecule has 0 aliphatic rings. The number of amides is 1. The topological polar surface area (TPSA) is 92.4 Å². The molecular formula is C24H24FN5O. The summed E-state index contributed by atoms with van der Waals surface area (Å²) in [6.07, 6.45) is 3.91. The first-order valence-electron chi connectivity index (χ1n) is 9.71. The molecule has 31 heavy (non-hydrogen) atoms. The quantitative estimate of drug-likeness (QED) is 0.481. The third-order valence-electron chi connectivity index (χ3n) is 4.73. The van der Waals surface area contributed by atoms with Gasteiger partial charge in [0.05, 0.1) is 22.6 Å². The summed E-state index contributed by atoms with van der Waals surface area (Å²) in [5.74, 6) is -0.601. The summed E-state index contributed by atoms with van der Waals surface area (Å²) in [4.78, 5) is 20.3. The number of pyridine rings is 1. The summed E-state index contributed by atoms with van der Waals surface area (Å²) in [6, 6.07) is 13.7. The van der Waals surface area contributed by atoms with E-state index in [0.29, 0.717) is 29.3 Å². The molecule has 0 radical (unpaired) electrons. The molecule has 0 bridgehead atoms. The van der Waals surface area contributed by atoms with Crippen molar-refractivity contribution in [3.8, 4) is 11.3 Å². The highest BCUT2D eigenvalue weighted by molar-refractivity contribution is 5.94. The van der Waals surface area contributed by atoms with Gasteiger partial charge in [-0.15, -0.1) is 0 Å². The van der Waals surface area contributed by atoms with E-state index in [1.807, 2.05) is 37.3 Å². The molecule has 4 N–H and O–H groups in total. The van der Waals surface area contributed by atoms with Crippen LogP contribution in [0.5, 0.6) is 0 Å². The Morgan fingerprint density at radius 2 is 2.03 bits per heavy atom. The van der Waals surface area contributed by atoms with Gasteiger partial charge in [0.25, 0.3) is 5.91 Å². The maximum absolute atomic E-state index is 14.3. The summed E-state index contributed by atoms with van der Waals surface area (Å²) in [7, 11) is 1.46. The molecule has 0 fully saturated rings. The Morgan fingerprint density at radius 1 is 1.23 bits per heavy atom. The van der Waals surface area contributed by atoms with E-state index in [4.69, 9.17) is 5.73 Å².